The van der Waals surface area contributed by atoms with Crippen LogP contribution in [0.4, 0.5) is 0 Å². The minimum absolute atomic E-state index is 0. The smallest absolute Gasteiger partial charge is 0.870 e. The minimum atomic E-state index is -5.17. The van der Waals surface area contributed by atoms with E-state index in [0.29, 0.717) is 0 Å². The largest absolute Gasteiger partial charge is 2.00 e. The standard InChI is InChI=1S/Fe.Na.2H2O4S.H2O.Zn/c;;2*1-5(2,3)4;;/h;;2*(H2,1,2,3,4);1H2;/q+2;+1;;;;+2/p-5. The van der Waals surface area contributed by atoms with Gasteiger partial charge in [0.2, 0.25) is 0 Å². The molecule has 0 aromatic rings. The third kappa shape index (κ3) is 672. The SMILES string of the molecule is O=S(=O)([O-])[O-].O=S(=O)([O-])[O-].[Fe+2].[Na+].[OH-].[Zn+2]. The minimum Gasteiger partial charge on any atom is -0.870 e. The average molecular weight is 353 g/mol. The molecule has 0 saturated carbocycles. The van der Waals surface area contributed by atoms with Gasteiger partial charge in [-0.2, -0.15) is 0 Å². The van der Waals surface area contributed by atoms with Gasteiger partial charge in [-0.05, 0) is 0 Å². The van der Waals surface area contributed by atoms with E-state index in [2.05, 4.69) is 0 Å². The number of rotatable bonds is 0. The van der Waals surface area contributed by atoms with Crippen molar-refractivity contribution in [3.8, 4) is 0 Å². The molecule has 0 bridgehead atoms. The maximum atomic E-state index is 8.52. The van der Waals surface area contributed by atoms with Crippen molar-refractivity contribution >= 4 is 20.8 Å². The van der Waals surface area contributed by atoms with Gasteiger partial charge < -0.3 is 23.7 Å². The van der Waals surface area contributed by atoms with E-state index < -0.39 is 20.8 Å². The summed E-state index contributed by atoms with van der Waals surface area (Å²) in [4.78, 5) is 0. The van der Waals surface area contributed by atoms with Crippen LogP contribution in [0, 0.1) is 0 Å². The van der Waals surface area contributed by atoms with Gasteiger partial charge in [-0.15, -0.1) is 0 Å². The molecule has 0 radical (unpaired) electrons. The molecule has 0 rings (SSSR count). The molecular formula is HFeNaO9S2Zn. The van der Waals surface area contributed by atoms with Crippen molar-refractivity contribution in [2.24, 2.45) is 0 Å². The fourth-order valence-electron chi connectivity index (χ4n) is 0. The molecule has 0 spiro atoms. The van der Waals surface area contributed by atoms with E-state index in [1.54, 1.807) is 0 Å². The zero-order chi connectivity index (χ0) is 9.00. The van der Waals surface area contributed by atoms with Gasteiger partial charge in [0.15, 0.2) is 0 Å². The first kappa shape index (κ1) is 36.0. The van der Waals surface area contributed by atoms with Crippen LogP contribution in [0.1, 0.15) is 0 Å². The first-order valence-corrected chi connectivity index (χ1v) is 4.00. The Balaban J connectivity index is -0.0000000178. The topological polar surface area (TPSA) is 191 Å². The summed E-state index contributed by atoms with van der Waals surface area (Å²) < 4.78 is 68.2. The van der Waals surface area contributed by atoms with Crippen LogP contribution in [0.2, 0.25) is 0 Å². The van der Waals surface area contributed by atoms with Crippen molar-refractivity contribution in [2.45, 2.75) is 0 Å². The van der Waals surface area contributed by atoms with E-state index in [9.17, 15) is 0 Å². The zero-order valence-electron chi connectivity index (χ0n) is 6.59. The third-order valence-corrected chi connectivity index (χ3v) is 0. The molecule has 0 unspecified atom stereocenters. The predicted octanol–water partition coefficient (Wildman–Crippen LogP) is -5.85. The molecule has 0 amide bonds. The van der Waals surface area contributed by atoms with Gasteiger partial charge in [0, 0.05) is 20.8 Å². The fraction of sp³-hybridized carbons (Fsp3) is 0. The zero-order valence-corrected chi connectivity index (χ0v) is 14.3. The Morgan fingerprint density at radius 3 is 0.714 bits per heavy atom. The molecule has 0 aromatic carbocycles. The van der Waals surface area contributed by atoms with Crippen LogP contribution in [0.15, 0.2) is 0 Å². The molecule has 78 valence electrons. The molecule has 0 fully saturated rings. The van der Waals surface area contributed by atoms with E-state index >= 15 is 0 Å². The Kier molecular flexibility index (Phi) is 38.2. The van der Waals surface area contributed by atoms with Gasteiger partial charge in [-0.3, -0.25) is 16.8 Å². The van der Waals surface area contributed by atoms with Gasteiger partial charge in [-0.25, -0.2) is 0 Å². The molecule has 1 N–H and O–H groups in total. The molecule has 0 heterocycles. The van der Waals surface area contributed by atoms with Crippen molar-refractivity contribution in [1.29, 1.82) is 0 Å². The molecule has 14 heavy (non-hydrogen) atoms. The van der Waals surface area contributed by atoms with Crippen LogP contribution in [-0.2, 0) is 57.3 Å². The van der Waals surface area contributed by atoms with Crippen molar-refractivity contribution in [3.05, 3.63) is 0 Å². The van der Waals surface area contributed by atoms with Crippen LogP contribution in [0.25, 0.3) is 0 Å². The molecule has 0 atom stereocenters. The van der Waals surface area contributed by atoms with Gasteiger partial charge in [-0.1, -0.05) is 0 Å². The Labute approximate surface area is 126 Å². The molecule has 0 aromatic heterocycles. The van der Waals surface area contributed by atoms with Crippen LogP contribution < -0.4 is 29.6 Å². The first-order valence-electron chi connectivity index (χ1n) is 1.33. The second kappa shape index (κ2) is 14.8. The molecule has 14 heteroatoms. The van der Waals surface area contributed by atoms with Gasteiger partial charge in [0.05, 0.1) is 0 Å². The van der Waals surface area contributed by atoms with Crippen LogP contribution in [-0.4, -0.2) is 40.5 Å². The monoisotopic (exact) mass is 352 g/mol. The molecular weight excluding hydrogens is 352 g/mol. The Morgan fingerprint density at radius 1 is 0.714 bits per heavy atom. The molecule has 0 aliphatic heterocycles. The number of hydrogen-bond donors (Lipinski definition) is 0. The molecule has 0 aliphatic carbocycles. The first-order chi connectivity index (χ1) is 4.00. The summed E-state index contributed by atoms with van der Waals surface area (Å²) in [5.74, 6) is 0. The summed E-state index contributed by atoms with van der Waals surface area (Å²) in [6.45, 7) is 0. The third-order valence-electron chi connectivity index (χ3n) is 0. The normalized spacial score (nSPS) is 8.29. The average Bonchev–Trinajstić information content (AvgIpc) is 1.12. The van der Waals surface area contributed by atoms with E-state index in [1.165, 1.54) is 0 Å². The van der Waals surface area contributed by atoms with Gasteiger partial charge in [0.25, 0.3) is 0 Å². The summed E-state index contributed by atoms with van der Waals surface area (Å²) in [6.07, 6.45) is 0. The van der Waals surface area contributed by atoms with Gasteiger partial charge >= 0.3 is 66.1 Å². The van der Waals surface area contributed by atoms with Crippen molar-refractivity contribution in [2.75, 3.05) is 0 Å². The van der Waals surface area contributed by atoms with E-state index in [4.69, 9.17) is 35.0 Å². The second-order valence-electron chi connectivity index (χ2n) is 0.816. The maximum absolute atomic E-state index is 8.52. The fourth-order valence-corrected chi connectivity index (χ4v) is 0. The van der Waals surface area contributed by atoms with E-state index in [-0.39, 0.29) is 71.6 Å². The molecule has 0 aliphatic rings. The quantitative estimate of drug-likeness (QED) is 0.232. The predicted molar refractivity (Wildman–Crippen MR) is 22.9 cm³/mol. The van der Waals surface area contributed by atoms with Crippen molar-refractivity contribution in [1.82, 2.24) is 0 Å². The Bertz CT molecular complexity index is 219. The number of hydrogen-bond acceptors (Lipinski definition) is 9. The summed E-state index contributed by atoms with van der Waals surface area (Å²) >= 11 is 0. The van der Waals surface area contributed by atoms with Gasteiger partial charge in [0.1, 0.15) is 0 Å². The van der Waals surface area contributed by atoms with Crippen molar-refractivity contribution in [3.63, 3.8) is 0 Å². The summed E-state index contributed by atoms with van der Waals surface area (Å²) in [6, 6.07) is 0. The summed E-state index contributed by atoms with van der Waals surface area (Å²) in [5.41, 5.74) is 0. The van der Waals surface area contributed by atoms with Crippen LogP contribution >= 0.6 is 0 Å². The Morgan fingerprint density at radius 2 is 0.714 bits per heavy atom. The van der Waals surface area contributed by atoms with Crippen LogP contribution in [0.5, 0.6) is 0 Å². The van der Waals surface area contributed by atoms with Crippen LogP contribution in [0.3, 0.4) is 0 Å². The maximum Gasteiger partial charge on any atom is 2.00 e. The molecule has 0 saturated heterocycles. The van der Waals surface area contributed by atoms with Crippen molar-refractivity contribution < 1.29 is 107 Å². The second-order valence-corrected chi connectivity index (χ2v) is 2.45. The summed E-state index contributed by atoms with van der Waals surface area (Å²) in [5, 5.41) is 0. The summed E-state index contributed by atoms with van der Waals surface area (Å²) in [7, 11) is -10.3. The van der Waals surface area contributed by atoms with E-state index in [1.807, 2.05) is 0 Å². The molecule has 9 nitrogen and oxygen atoms in total. The Hall–Kier alpha value is 1.84. The van der Waals surface area contributed by atoms with E-state index in [0.717, 1.165) is 0 Å².